The zero-order valence-corrected chi connectivity index (χ0v) is 15.5. The van der Waals surface area contributed by atoms with E-state index in [1.165, 1.54) is 12.5 Å². The molecule has 4 heteroatoms. The lowest BCUT2D eigenvalue weighted by Gasteiger charge is -2.55. The van der Waals surface area contributed by atoms with Crippen LogP contribution in [0.2, 0.25) is 0 Å². The van der Waals surface area contributed by atoms with Gasteiger partial charge in [-0.25, -0.2) is 0 Å². The fourth-order valence-corrected chi connectivity index (χ4v) is 6.48. The Balaban J connectivity index is 1.67. The Morgan fingerprint density at radius 3 is 2.48 bits per heavy atom. The van der Waals surface area contributed by atoms with Gasteiger partial charge in [0.1, 0.15) is 11.9 Å². The molecule has 3 fully saturated rings. The molecule has 4 rings (SSSR count). The highest BCUT2D eigenvalue weighted by atomic mass is 16.5. The van der Waals surface area contributed by atoms with Crippen molar-refractivity contribution in [2.24, 2.45) is 28.6 Å². The number of fused-ring (bicyclic) bond motifs is 5. The highest BCUT2D eigenvalue weighted by Crippen LogP contribution is 2.63. The molecule has 0 radical (unpaired) electrons. The molecule has 0 heterocycles. The van der Waals surface area contributed by atoms with Crippen molar-refractivity contribution in [1.29, 1.82) is 0 Å². The summed E-state index contributed by atoms with van der Waals surface area (Å²) < 4.78 is 5.42. The van der Waals surface area contributed by atoms with Crippen LogP contribution in [-0.2, 0) is 19.1 Å². The molecule has 0 saturated heterocycles. The summed E-state index contributed by atoms with van der Waals surface area (Å²) in [7, 11) is 0. The first-order chi connectivity index (χ1) is 11.8. The van der Waals surface area contributed by atoms with Crippen LogP contribution in [0, 0.1) is 28.6 Å². The number of ketones is 2. The summed E-state index contributed by atoms with van der Waals surface area (Å²) in [6.45, 7) is 5.84. The second-order valence-corrected chi connectivity index (χ2v) is 9.12. The largest absolute Gasteiger partial charge is 0.462 e. The van der Waals surface area contributed by atoms with Gasteiger partial charge < -0.3 is 4.74 Å². The van der Waals surface area contributed by atoms with Crippen molar-refractivity contribution in [3.05, 3.63) is 11.6 Å². The van der Waals surface area contributed by atoms with Gasteiger partial charge >= 0.3 is 5.97 Å². The Bertz CT molecular complexity index is 677. The van der Waals surface area contributed by atoms with Gasteiger partial charge in [0.05, 0.1) is 0 Å². The van der Waals surface area contributed by atoms with Crippen LogP contribution < -0.4 is 0 Å². The highest BCUT2D eigenvalue weighted by Gasteiger charge is 2.61. The quantitative estimate of drug-likeness (QED) is 0.682. The summed E-state index contributed by atoms with van der Waals surface area (Å²) in [5.41, 5.74) is 0.902. The molecule has 0 amide bonds. The van der Waals surface area contributed by atoms with Gasteiger partial charge in [-0.2, -0.15) is 0 Å². The third-order valence-corrected chi connectivity index (χ3v) is 7.94. The average Bonchev–Trinajstić information content (AvgIpc) is 2.84. The van der Waals surface area contributed by atoms with Crippen LogP contribution in [0.25, 0.3) is 0 Å². The highest BCUT2D eigenvalue weighted by molar-refractivity contribution is 5.96. The van der Waals surface area contributed by atoms with Crippen molar-refractivity contribution in [2.75, 3.05) is 0 Å². The molecule has 4 aliphatic carbocycles. The van der Waals surface area contributed by atoms with Gasteiger partial charge in [0.2, 0.25) is 0 Å². The van der Waals surface area contributed by atoms with Gasteiger partial charge in [0, 0.05) is 31.1 Å². The number of carbonyl (C=O) groups excluding carboxylic acids is 3. The second-order valence-electron chi connectivity index (χ2n) is 9.12. The summed E-state index contributed by atoms with van der Waals surface area (Å²) in [6.07, 6.45) is 7.66. The summed E-state index contributed by atoms with van der Waals surface area (Å²) in [4.78, 5) is 36.8. The summed E-state index contributed by atoms with van der Waals surface area (Å²) in [5.74, 6) is 0.888. The van der Waals surface area contributed by atoms with E-state index in [9.17, 15) is 14.4 Å². The van der Waals surface area contributed by atoms with E-state index in [1.54, 1.807) is 0 Å². The molecular formula is C21H28O4. The maximum absolute atomic E-state index is 13.1. The molecule has 0 aliphatic heterocycles. The minimum atomic E-state index is -0.284. The van der Waals surface area contributed by atoms with E-state index in [2.05, 4.69) is 13.8 Å². The van der Waals surface area contributed by atoms with Crippen LogP contribution in [0.3, 0.4) is 0 Å². The van der Waals surface area contributed by atoms with Crippen LogP contribution in [0.4, 0.5) is 0 Å². The Hall–Kier alpha value is -1.45. The first kappa shape index (κ1) is 17.0. The molecule has 0 spiro atoms. The molecule has 136 valence electrons. The molecule has 3 saturated carbocycles. The van der Waals surface area contributed by atoms with E-state index < -0.39 is 0 Å². The maximum atomic E-state index is 13.1. The summed E-state index contributed by atoms with van der Waals surface area (Å²) in [5, 5.41) is 0. The molecule has 3 unspecified atom stereocenters. The predicted octanol–water partition coefficient (Wildman–Crippen LogP) is 3.63. The fraction of sp³-hybridized carbons (Fsp3) is 0.762. The Labute approximate surface area is 149 Å². The van der Waals surface area contributed by atoms with Crippen LogP contribution >= 0.6 is 0 Å². The van der Waals surface area contributed by atoms with Crippen molar-refractivity contribution in [2.45, 2.75) is 71.8 Å². The van der Waals surface area contributed by atoms with Crippen molar-refractivity contribution in [3.8, 4) is 0 Å². The fourth-order valence-electron chi connectivity index (χ4n) is 6.48. The Morgan fingerprint density at radius 1 is 1.08 bits per heavy atom. The number of Topliss-reactive ketones (excluding diaryl/α,β-unsaturated/α-hetero) is 1. The van der Waals surface area contributed by atoms with Gasteiger partial charge in [-0.1, -0.05) is 19.4 Å². The number of hydrogen-bond donors (Lipinski definition) is 0. The SMILES string of the molecule is CC(=O)O[C@H]1CC[C@@]2(C)C(=CC(=O)C3C2CC[C@]2(C)C(=O)CCC32)C1. The van der Waals surface area contributed by atoms with Crippen molar-refractivity contribution < 1.29 is 19.1 Å². The predicted molar refractivity (Wildman–Crippen MR) is 92.7 cm³/mol. The Morgan fingerprint density at radius 2 is 1.76 bits per heavy atom. The number of hydrogen-bond acceptors (Lipinski definition) is 4. The number of carbonyl (C=O) groups is 3. The third-order valence-electron chi connectivity index (χ3n) is 7.94. The van der Waals surface area contributed by atoms with Crippen LogP contribution in [0.15, 0.2) is 11.6 Å². The molecule has 6 atom stereocenters. The lowest BCUT2D eigenvalue weighted by Crippen LogP contribution is -2.53. The first-order valence-corrected chi connectivity index (χ1v) is 9.71. The van der Waals surface area contributed by atoms with E-state index in [-0.39, 0.29) is 40.5 Å². The minimum absolute atomic E-state index is 0.00391. The zero-order chi connectivity index (χ0) is 18.0. The molecule has 0 bridgehead atoms. The van der Waals surface area contributed by atoms with Crippen LogP contribution in [-0.4, -0.2) is 23.6 Å². The molecule has 4 nitrogen and oxygen atoms in total. The molecule has 25 heavy (non-hydrogen) atoms. The standard InChI is InChI=1S/C21H28O4/c1-12(22)25-14-6-8-20(2)13(10-14)11-17(23)19-15-4-5-18(24)21(15,3)9-7-16(19)20/h11,14-16,19H,4-10H2,1-3H3/t14-,15?,16?,19?,20-,21-/m0/s1. The first-order valence-electron chi connectivity index (χ1n) is 9.71. The van der Waals surface area contributed by atoms with E-state index in [4.69, 9.17) is 4.74 Å². The molecule has 0 aromatic rings. The Kier molecular flexibility index (Phi) is 3.75. The van der Waals surface area contributed by atoms with E-state index >= 15 is 0 Å². The van der Waals surface area contributed by atoms with E-state index in [1.807, 2.05) is 6.08 Å². The van der Waals surface area contributed by atoms with Gasteiger partial charge in [0.25, 0.3) is 0 Å². The molecule has 0 N–H and O–H groups in total. The lowest BCUT2D eigenvalue weighted by molar-refractivity contribution is -0.149. The zero-order valence-electron chi connectivity index (χ0n) is 15.5. The minimum Gasteiger partial charge on any atom is -0.462 e. The lowest BCUT2D eigenvalue weighted by atomic mass is 9.48. The third kappa shape index (κ3) is 2.36. The number of allylic oxidation sites excluding steroid dienone is 1. The number of rotatable bonds is 1. The van der Waals surface area contributed by atoms with Gasteiger partial charge in [0.15, 0.2) is 5.78 Å². The second kappa shape index (κ2) is 5.52. The van der Waals surface area contributed by atoms with E-state index in [0.717, 1.165) is 32.1 Å². The number of ether oxygens (including phenoxy) is 1. The topological polar surface area (TPSA) is 60.4 Å². The molecule has 0 aromatic carbocycles. The molecule has 4 aliphatic rings. The van der Waals surface area contributed by atoms with Crippen molar-refractivity contribution in [3.63, 3.8) is 0 Å². The smallest absolute Gasteiger partial charge is 0.302 e. The van der Waals surface area contributed by atoms with Gasteiger partial charge in [-0.3, -0.25) is 14.4 Å². The normalized spacial score (nSPS) is 46.0. The molecular weight excluding hydrogens is 316 g/mol. The van der Waals surface area contributed by atoms with Crippen LogP contribution in [0.1, 0.15) is 65.7 Å². The average molecular weight is 344 g/mol. The summed E-state index contributed by atoms with van der Waals surface area (Å²) in [6, 6.07) is 0. The van der Waals surface area contributed by atoms with Crippen molar-refractivity contribution >= 4 is 17.5 Å². The van der Waals surface area contributed by atoms with E-state index in [0.29, 0.717) is 24.5 Å². The van der Waals surface area contributed by atoms with Crippen molar-refractivity contribution in [1.82, 2.24) is 0 Å². The maximum Gasteiger partial charge on any atom is 0.302 e. The summed E-state index contributed by atoms with van der Waals surface area (Å²) >= 11 is 0. The van der Waals surface area contributed by atoms with Crippen LogP contribution in [0.5, 0.6) is 0 Å². The van der Waals surface area contributed by atoms with Gasteiger partial charge in [-0.15, -0.1) is 0 Å². The molecule has 0 aromatic heterocycles. The van der Waals surface area contributed by atoms with Gasteiger partial charge in [-0.05, 0) is 55.4 Å². The number of esters is 1. The monoisotopic (exact) mass is 344 g/mol.